The Labute approximate surface area is 115 Å². The highest BCUT2D eigenvalue weighted by Gasteiger charge is 2.55. The molecule has 3 N–H and O–H groups in total. The second kappa shape index (κ2) is 5.36. The van der Waals surface area contributed by atoms with Gasteiger partial charge in [-0.05, 0) is 55.1 Å². The summed E-state index contributed by atoms with van der Waals surface area (Å²) < 4.78 is 0. The standard InChI is InChI=1S/C17H22N2/c1-2-3-4-9-15(19-18)17-14-11-10-12-7-5-6-8-13(12)16(14)17/h5-8,14-17,19H,4,9-11,18H2,1H3. The lowest BCUT2D eigenvalue weighted by atomic mass is 9.92. The van der Waals surface area contributed by atoms with E-state index in [9.17, 15) is 0 Å². The van der Waals surface area contributed by atoms with Gasteiger partial charge in [0.2, 0.25) is 0 Å². The van der Waals surface area contributed by atoms with Gasteiger partial charge in [-0.15, -0.1) is 11.8 Å². The van der Waals surface area contributed by atoms with Crippen LogP contribution in [0.4, 0.5) is 0 Å². The van der Waals surface area contributed by atoms with Crippen LogP contribution < -0.4 is 11.3 Å². The van der Waals surface area contributed by atoms with E-state index in [1.54, 1.807) is 11.1 Å². The van der Waals surface area contributed by atoms with Crippen LogP contribution >= 0.6 is 0 Å². The number of fused-ring (bicyclic) bond motifs is 3. The Bertz CT molecular complexity index is 511. The highest BCUT2D eigenvalue weighted by Crippen LogP contribution is 2.61. The first-order valence-electron chi connectivity index (χ1n) is 7.30. The van der Waals surface area contributed by atoms with E-state index in [0.717, 1.165) is 24.7 Å². The summed E-state index contributed by atoms with van der Waals surface area (Å²) in [5.74, 6) is 14.2. The van der Waals surface area contributed by atoms with Crippen LogP contribution in [0.2, 0.25) is 0 Å². The largest absolute Gasteiger partial charge is 0.271 e. The molecule has 100 valence electrons. The second-order valence-electron chi connectivity index (χ2n) is 5.74. The van der Waals surface area contributed by atoms with Crippen molar-refractivity contribution in [2.75, 3.05) is 0 Å². The molecule has 19 heavy (non-hydrogen) atoms. The summed E-state index contributed by atoms with van der Waals surface area (Å²) in [6.45, 7) is 1.90. The summed E-state index contributed by atoms with van der Waals surface area (Å²) in [7, 11) is 0. The van der Waals surface area contributed by atoms with Gasteiger partial charge in [0.05, 0.1) is 0 Å². The fourth-order valence-corrected chi connectivity index (χ4v) is 3.91. The van der Waals surface area contributed by atoms with Gasteiger partial charge in [0, 0.05) is 12.5 Å². The lowest BCUT2D eigenvalue weighted by Gasteiger charge is -2.15. The number of aryl methyl sites for hydroxylation is 1. The Morgan fingerprint density at radius 1 is 1.42 bits per heavy atom. The molecule has 1 saturated carbocycles. The average molecular weight is 254 g/mol. The van der Waals surface area contributed by atoms with Gasteiger partial charge in [-0.25, -0.2) is 0 Å². The van der Waals surface area contributed by atoms with Crippen LogP contribution in [0.5, 0.6) is 0 Å². The van der Waals surface area contributed by atoms with Crippen LogP contribution in [0.1, 0.15) is 43.2 Å². The van der Waals surface area contributed by atoms with Crippen molar-refractivity contribution in [3.8, 4) is 11.8 Å². The highest BCUT2D eigenvalue weighted by molar-refractivity contribution is 5.40. The fourth-order valence-electron chi connectivity index (χ4n) is 3.91. The number of nitrogens with two attached hydrogens (primary N) is 1. The molecule has 0 bridgehead atoms. The van der Waals surface area contributed by atoms with Crippen molar-refractivity contribution in [3.05, 3.63) is 35.4 Å². The van der Waals surface area contributed by atoms with Crippen LogP contribution in [0.25, 0.3) is 0 Å². The molecular formula is C17H22N2. The molecule has 2 nitrogen and oxygen atoms in total. The van der Waals surface area contributed by atoms with Gasteiger partial charge in [0.1, 0.15) is 0 Å². The number of hydrazine groups is 1. The first kappa shape index (κ1) is 12.7. The number of hydrogen-bond acceptors (Lipinski definition) is 2. The first-order chi connectivity index (χ1) is 9.36. The summed E-state index contributed by atoms with van der Waals surface area (Å²) in [5, 5.41) is 0. The maximum atomic E-state index is 5.77. The zero-order valence-electron chi connectivity index (χ0n) is 11.5. The van der Waals surface area contributed by atoms with Gasteiger partial charge in [0.15, 0.2) is 0 Å². The second-order valence-corrected chi connectivity index (χ2v) is 5.74. The summed E-state index contributed by atoms with van der Waals surface area (Å²) in [6.07, 6.45) is 4.57. The third kappa shape index (κ3) is 2.29. The minimum absolute atomic E-state index is 0.419. The van der Waals surface area contributed by atoms with E-state index >= 15 is 0 Å². The Kier molecular flexibility index (Phi) is 3.59. The van der Waals surface area contributed by atoms with Crippen LogP contribution in [0.15, 0.2) is 24.3 Å². The van der Waals surface area contributed by atoms with Gasteiger partial charge in [-0.1, -0.05) is 24.3 Å². The molecule has 0 saturated heterocycles. The van der Waals surface area contributed by atoms with Gasteiger partial charge in [-0.2, -0.15) is 0 Å². The zero-order valence-corrected chi connectivity index (χ0v) is 11.5. The molecule has 0 radical (unpaired) electrons. The van der Waals surface area contributed by atoms with Gasteiger partial charge in [-0.3, -0.25) is 11.3 Å². The molecule has 0 aromatic heterocycles. The predicted octanol–water partition coefficient (Wildman–Crippen LogP) is 2.60. The summed E-state index contributed by atoms with van der Waals surface area (Å²) in [4.78, 5) is 0. The van der Waals surface area contributed by atoms with E-state index in [1.165, 1.54) is 12.8 Å². The molecule has 1 fully saturated rings. The number of nitrogens with one attached hydrogen (secondary N) is 1. The highest BCUT2D eigenvalue weighted by atomic mass is 15.2. The quantitative estimate of drug-likeness (QED) is 0.492. The maximum absolute atomic E-state index is 5.77. The molecule has 2 heteroatoms. The summed E-state index contributed by atoms with van der Waals surface area (Å²) in [6, 6.07) is 9.35. The third-order valence-corrected chi connectivity index (χ3v) is 4.83. The van der Waals surface area contributed by atoms with Crippen LogP contribution in [0.3, 0.4) is 0 Å². The Morgan fingerprint density at radius 2 is 2.26 bits per heavy atom. The maximum Gasteiger partial charge on any atom is 0.0256 e. The van der Waals surface area contributed by atoms with E-state index in [0.29, 0.717) is 12.0 Å². The predicted molar refractivity (Wildman–Crippen MR) is 78.3 cm³/mol. The van der Waals surface area contributed by atoms with Crippen molar-refractivity contribution in [1.29, 1.82) is 0 Å². The molecule has 1 aromatic carbocycles. The lowest BCUT2D eigenvalue weighted by Crippen LogP contribution is -2.37. The van der Waals surface area contributed by atoms with E-state index < -0.39 is 0 Å². The third-order valence-electron chi connectivity index (χ3n) is 4.83. The van der Waals surface area contributed by atoms with Crippen molar-refractivity contribution in [2.45, 2.75) is 44.6 Å². The Hall–Kier alpha value is -1.30. The smallest absolute Gasteiger partial charge is 0.0256 e. The number of benzene rings is 1. The number of hydrogen-bond donors (Lipinski definition) is 2. The molecule has 0 heterocycles. The number of rotatable bonds is 4. The van der Waals surface area contributed by atoms with E-state index in [2.05, 4.69) is 41.5 Å². The molecule has 4 atom stereocenters. The molecule has 0 aliphatic heterocycles. The van der Waals surface area contributed by atoms with Crippen LogP contribution in [-0.4, -0.2) is 6.04 Å². The van der Waals surface area contributed by atoms with Crippen molar-refractivity contribution >= 4 is 0 Å². The molecule has 0 spiro atoms. The first-order valence-corrected chi connectivity index (χ1v) is 7.30. The van der Waals surface area contributed by atoms with Crippen molar-refractivity contribution < 1.29 is 0 Å². The van der Waals surface area contributed by atoms with E-state index in [1.807, 2.05) is 6.92 Å². The van der Waals surface area contributed by atoms with Crippen molar-refractivity contribution in [3.63, 3.8) is 0 Å². The molecular weight excluding hydrogens is 232 g/mol. The minimum Gasteiger partial charge on any atom is -0.271 e. The normalized spacial score (nSPS) is 28.6. The van der Waals surface area contributed by atoms with E-state index in [4.69, 9.17) is 5.84 Å². The molecule has 1 aromatic rings. The monoisotopic (exact) mass is 254 g/mol. The van der Waals surface area contributed by atoms with Crippen LogP contribution in [0, 0.1) is 23.7 Å². The zero-order chi connectivity index (χ0) is 13.2. The van der Waals surface area contributed by atoms with Gasteiger partial charge in [0.25, 0.3) is 0 Å². The molecule has 0 amide bonds. The topological polar surface area (TPSA) is 38.0 Å². The Morgan fingerprint density at radius 3 is 3.05 bits per heavy atom. The van der Waals surface area contributed by atoms with Gasteiger partial charge < -0.3 is 0 Å². The SMILES string of the molecule is CC#CCCC(NN)C1C2CCc3ccccc3C21. The van der Waals surface area contributed by atoms with E-state index in [-0.39, 0.29) is 0 Å². The average Bonchev–Trinajstić information content (AvgIpc) is 3.18. The molecule has 4 unspecified atom stereocenters. The van der Waals surface area contributed by atoms with Crippen molar-refractivity contribution in [1.82, 2.24) is 5.43 Å². The van der Waals surface area contributed by atoms with Crippen LogP contribution in [-0.2, 0) is 6.42 Å². The van der Waals surface area contributed by atoms with Crippen molar-refractivity contribution in [2.24, 2.45) is 17.7 Å². The minimum atomic E-state index is 0.419. The molecule has 3 rings (SSSR count). The summed E-state index contributed by atoms with van der Waals surface area (Å²) >= 11 is 0. The Balaban J connectivity index is 1.73. The molecule has 2 aliphatic carbocycles. The molecule has 2 aliphatic rings. The fraction of sp³-hybridized carbons (Fsp3) is 0.529. The van der Waals surface area contributed by atoms with Gasteiger partial charge >= 0.3 is 0 Å². The lowest BCUT2D eigenvalue weighted by molar-refractivity contribution is 0.423. The summed E-state index contributed by atoms with van der Waals surface area (Å²) in [5.41, 5.74) is 6.17.